The predicted molar refractivity (Wildman–Crippen MR) is 66.0 cm³/mol. The van der Waals surface area contributed by atoms with Crippen LogP contribution in [0.2, 0.25) is 0 Å². The molecule has 2 aliphatic rings. The summed E-state index contributed by atoms with van der Waals surface area (Å²) in [6.45, 7) is 0.733. The molecule has 0 bridgehead atoms. The molecule has 1 aromatic heterocycles. The molecule has 2 heterocycles. The van der Waals surface area contributed by atoms with Gasteiger partial charge in [-0.15, -0.1) is 0 Å². The average Bonchev–Trinajstić information content (AvgIpc) is 3.04. The molecular formula is C11H13BrN4. The van der Waals surface area contributed by atoms with Gasteiger partial charge in [0.2, 0.25) is 0 Å². The summed E-state index contributed by atoms with van der Waals surface area (Å²) in [5, 5.41) is 0. The number of hydrogen-bond acceptors (Lipinski definition) is 4. The highest BCUT2D eigenvalue weighted by Gasteiger charge is 2.39. The summed E-state index contributed by atoms with van der Waals surface area (Å²) in [6.07, 6.45) is 4.28. The molecule has 3 rings (SSSR count). The molecule has 84 valence electrons. The Labute approximate surface area is 103 Å². The summed E-state index contributed by atoms with van der Waals surface area (Å²) in [5.41, 5.74) is 6.97. The molecule has 0 saturated heterocycles. The van der Waals surface area contributed by atoms with Crippen molar-refractivity contribution in [3.05, 3.63) is 28.5 Å². The van der Waals surface area contributed by atoms with Gasteiger partial charge in [-0.3, -0.25) is 9.98 Å². The monoisotopic (exact) mass is 280 g/mol. The molecule has 1 atom stereocenters. The van der Waals surface area contributed by atoms with Crippen molar-refractivity contribution in [3.63, 3.8) is 0 Å². The fourth-order valence-electron chi connectivity index (χ4n) is 2.12. The summed E-state index contributed by atoms with van der Waals surface area (Å²) in [4.78, 5) is 11.0. The van der Waals surface area contributed by atoms with Crippen molar-refractivity contribution in [3.8, 4) is 0 Å². The van der Waals surface area contributed by atoms with Crippen molar-refractivity contribution in [1.82, 2.24) is 9.88 Å². The van der Waals surface area contributed by atoms with E-state index in [4.69, 9.17) is 5.73 Å². The van der Waals surface area contributed by atoms with Crippen LogP contribution in [0.25, 0.3) is 0 Å². The molecular weight excluding hydrogens is 268 g/mol. The quantitative estimate of drug-likeness (QED) is 0.897. The standard InChI is InChI=1S/C11H13BrN4/c12-7-1-4-9(14-5-7)10-6-15-11(13)16(10)8-2-3-8/h1,4-5,8,10H,2-3,6H2,(H2,13,15). The van der Waals surface area contributed by atoms with E-state index in [2.05, 4.69) is 30.8 Å². The second-order valence-electron chi connectivity index (χ2n) is 4.25. The zero-order chi connectivity index (χ0) is 11.1. The molecule has 1 saturated carbocycles. The summed E-state index contributed by atoms with van der Waals surface area (Å²) in [6, 6.07) is 4.88. The Morgan fingerprint density at radius 3 is 2.81 bits per heavy atom. The lowest BCUT2D eigenvalue weighted by Crippen LogP contribution is -2.38. The zero-order valence-electron chi connectivity index (χ0n) is 8.81. The summed E-state index contributed by atoms with van der Waals surface area (Å²) in [5.74, 6) is 0.678. The average molecular weight is 281 g/mol. The normalized spacial score (nSPS) is 24.7. The number of nitrogens with two attached hydrogens (primary N) is 1. The van der Waals surface area contributed by atoms with Gasteiger partial charge in [0.05, 0.1) is 18.3 Å². The molecule has 0 spiro atoms. The summed E-state index contributed by atoms with van der Waals surface area (Å²) in [7, 11) is 0. The Kier molecular flexibility index (Phi) is 2.35. The van der Waals surface area contributed by atoms with E-state index in [9.17, 15) is 0 Å². The number of rotatable bonds is 2. The molecule has 1 aliphatic carbocycles. The molecule has 1 unspecified atom stereocenters. The van der Waals surface area contributed by atoms with E-state index in [0.29, 0.717) is 12.0 Å². The maximum atomic E-state index is 5.92. The first-order valence-electron chi connectivity index (χ1n) is 5.45. The minimum absolute atomic E-state index is 0.237. The Morgan fingerprint density at radius 2 is 2.19 bits per heavy atom. The number of halogens is 1. The molecule has 0 amide bonds. The second-order valence-corrected chi connectivity index (χ2v) is 5.17. The molecule has 1 aliphatic heterocycles. The highest BCUT2D eigenvalue weighted by Crippen LogP contribution is 2.36. The second kappa shape index (κ2) is 3.73. The minimum atomic E-state index is 0.237. The highest BCUT2D eigenvalue weighted by molar-refractivity contribution is 9.10. The first-order valence-corrected chi connectivity index (χ1v) is 6.25. The number of guanidine groups is 1. The van der Waals surface area contributed by atoms with Crippen molar-refractivity contribution in [2.75, 3.05) is 6.54 Å². The lowest BCUT2D eigenvalue weighted by Gasteiger charge is -2.25. The van der Waals surface area contributed by atoms with Gasteiger partial charge in [-0.1, -0.05) is 0 Å². The van der Waals surface area contributed by atoms with E-state index < -0.39 is 0 Å². The largest absolute Gasteiger partial charge is 0.370 e. The molecule has 4 nitrogen and oxygen atoms in total. The Hall–Kier alpha value is -1.10. The van der Waals surface area contributed by atoms with Crippen molar-refractivity contribution in [2.45, 2.75) is 24.9 Å². The Bertz CT molecular complexity index is 424. The van der Waals surface area contributed by atoms with Gasteiger partial charge in [0.1, 0.15) is 0 Å². The van der Waals surface area contributed by atoms with Gasteiger partial charge >= 0.3 is 0 Å². The molecule has 1 aromatic rings. The van der Waals surface area contributed by atoms with Crippen LogP contribution in [0.5, 0.6) is 0 Å². The molecule has 16 heavy (non-hydrogen) atoms. The lowest BCUT2D eigenvalue weighted by molar-refractivity contribution is 0.332. The molecule has 0 radical (unpaired) electrons. The first kappa shape index (κ1) is 10.1. The van der Waals surface area contributed by atoms with Gasteiger partial charge in [0, 0.05) is 16.7 Å². The zero-order valence-corrected chi connectivity index (χ0v) is 10.4. The molecule has 0 aromatic carbocycles. The van der Waals surface area contributed by atoms with Gasteiger partial charge in [-0.2, -0.15) is 0 Å². The minimum Gasteiger partial charge on any atom is -0.370 e. The lowest BCUT2D eigenvalue weighted by atomic mass is 10.1. The van der Waals surface area contributed by atoms with Crippen LogP contribution in [0.3, 0.4) is 0 Å². The number of nitrogens with zero attached hydrogens (tertiary/aromatic N) is 3. The van der Waals surface area contributed by atoms with Gasteiger partial charge < -0.3 is 10.6 Å². The van der Waals surface area contributed by atoms with Crippen LogP contribution in [0.1, 0.15) is 24.6 Å². The number of pyridine rings is 1. The van der Waals surface area contributed by atoms with Crippen LogP contribution in [0, 0.1) is 0 Å². The fraction of sp³-hybridized carbons (Fsp3) is 0.455. The van der Waals surface area contributed by atoms with Crippen LogP contribution >= 0.6 is 15.9 Å². The van der Waals surface area contributed by atoms with Crippen LogP contribution < -0.4 is 5.73 Å². The van der Waals surface area contributed by atoms with Crippen LogP contribution in [0.4, 0.5) is 0 Å². The molecule has 2 N–H and O–H groups in total. The third-order valence-corrected chi connectivity index (χ3v) is 3.53. The first-order chi connectivity index (χ1) is 7.75. The van der Waals surface area contributed by atoms with E-state index in [1.807, 2.05) is 18.3 Å². The SMILES string of the molecule is NC1=NCC(c2ccc(Br)cn2)N1C1CC1. The van der Waals surface area contributed by atoms with E-state index in [-0.39, 0.29) is 6.04 Å². The van der Waals surface area contributed by atoms with Gasteiger partial charge in [0.25, 0.3) is 0 Å². The molecule has 1 fully saturated rings. The highest BCUT2D eigenvalue weighted by atomic mass is 79.9. The van der Waals surface area contributed by atoms with E-state index in [0.717, 1.165) is 16.7 Å². The maximum Gasteiger partial charge on any atom is 0.192 e. The van der Waals surface area contributed by atoms with Crippen LogP contribution in [0.15, 0.2) is 27.8 Å². The van der Waals surface area contributed by atoms with Crippen LogP contribution in [-0.4, -0.2) is 28.4 Å². The third-order valence-electron chi connectivity index (χ3n) is 3.06. The maximum absolute atomic E-state index is 5.92. The number of aliphatic imine (C=N–C) groups is 1. The Morgan fingerprint density at radius 1 is 1.38 bits per heavy atom. The van der Waals surface area contributed by atoms with Crippen molar-refractivity contribution >= 4 is 21.9 Å². The van der Waals surface area contributed by atoms with Gasteiger partial charge in [-0.25, -0.2) is 0 Å². The van der Waals surface area contributed by atoms with Gasteiger partial charge in [-0.05, 0) is 40.9 Å². The molecule has 5 heteroatoms. The number of hydrogen-bond donors (Lipinski definition) is 1. The van der Waals surface area contributed by atoms with Crippen molar-refractivity contribution in [2.24, 2.45) is 10.7 Å². The van der Waals surface area contributed by atoms with Crippen molar-refractivity contribution in [1.29, 1.82) is 0 Å². The predicted octanol–water partition coefficient (Wildman–Crippen LogP) is 1.68. The topological polar surface area (TPSA) is 54.5 Å². The Balaban J connectivity index is 1.87. The fourth-order valence-corrected chi connectivity index (χ4v) is 2.36. The smallest absolute Gasteiger partial charge is 0.192 e. The van der Waals surface area contributed by atoms with E-state index >= 15 is 0 Å². The third kappa shape index (κ3) is 1.69. The number of aromatic nitrogens is 1. The summed E-state index contributed by atoms with van der Waals surface area (Å²) < 4.78 is 1.00. The van der Waals surface area contributed by atoms with E-state index in [1.54, 1.807) is 0 Å². The summed E-state index contributed by atoms with van der Waals surface area (Å²) >= 11 is 3.39. The van der Waals surface area contributed by atoms with E-state index in [1.165, 1.54) is 12.8 Å². The van der Waals surface area contributed by atoms with Crippen molar-refractivity contribution < 1.29 is 0 Å². The van der Waals surface area contributed by atoms with Crippen LogP contribution in [-0.2, 0) is 0 Å². The van der Waals surface area contributed by atoms with Gasteiger partial charge in [0.15, 0.2) is 5.96 Å².